The maximum absolute atomic E-state index is 12.4. The first kappa shape index (κ1) is 15.8. The number of likely N-dealkylation sites (tertiary alicyclic amines) is 1. The van der Waals surface area contributed by atoms with Crippen LogP contribution in [0.2, 0.25) is 0 Å². The lowest BCUT2D eigenvalue weighted by Crippen LogP contribution is -2.33. The molecule has 124 valence electrons. The molecule has 1 aromatic carbocycles. The molecule has 23 heavy (non-hydrogen) atoms. The van der Waals surface area contributed by atoms with Crippen LogP contribution in [0.3, 0.4) is 0 Å². The first-order valence-corrected chi connectivity index (χ1v) is 8.18. The topological polar surface area (TPSA) is 81.5 Å². The lowest BCUT2D eigenvalue weighted by molar-refractivity contribution is -0.131. The molecular weight excluding hydrogens is 294 g/mol. The van der Waals surface area contributed by atoms with Crippen LogP contribution < -0.4 is 11.5 Å². The lowest BCUT2D eigenvalue weighted by Gasteiger charge is -2.20. The second-order valence-electron chi connectivity index (χ2n) is 6.31. The maximum Gasteiger partial charge on any atom is 0.419 e. The number of hydrogen-bond acceptors (Lipinski definition) is 4. The summed E-state index contributed by atoms with van der Waals surface area (Å²) in [6, 6.07) is 5.80. The van der Waals surface area contributed by atoms with Crippen molar-refractivity contribution in [1.82, 2.24) is 9.47 Å². The highest BCUT2D eigenvalue weighted by Gasteiger charge is 2.19. The van der Waals surface area contributed by atoms with Crippen molar-refractivity contribution in [3.63, 3.8) is 0 Å². The van der Waals surface area contributed by atoms with Gasteiger partial charge in [0, 0.05) is 32.1 Å². The monoisotopic (exact) mass is 317 g/mol. The number of rotatable bonds is 3. The van der Waals surface area contributed by atoms with Crippen LogP contribution in [0.1, 0.15) is 31.2 Å². The Morgan fingerprint density at radius 3 is 3.00 bits per heavy atom. The molecule has 6 heteroatoms. The molecule has 2 heterocycles. The Kier molecular flexibility index (Phi) is 4.52. The van der Waals surface area contributed by atoms with Gasteiger partial charge in [0.1, 0.15) is 0 Å². The summed E-state index contributed by atoms with van der Waals surface area (Å²) < 4.78 is 6.78. The average molecular weight is 317 g/mol. The molecule has 1 aromatic heterocycles. The number of aryl methyl sites for hydroxylation is 2. The zero-order valence-corrected chi connectivity index (χ0v) is 13.5. The van der Waals surface area contributed by atoms with Gasteiger partial charge < -0.3 is 15.1 Å². The largest absolute Gasteiger partial charge is 0.419 e. The molecule has 1 fully saturated rings. The molecule has 2 N–H and O–H groups in total. The minimum absolute atomic E-state index is 0.0769. The number of nitrogens with zero attached hydrogens (tertiary/aromatic N) is 2. The Bertz CT molecular complexity index is 762. The Balaban J connectivity index is 1.70. The van der Waals surface area contributed by atoms with Gasteiger partial charge in [0.05, 0.1) is 5.52 Å². The molecule has 6 nitrogen and oxygen atoms in total. The third kappa shape index (κ3) is 3.47. The predicted octanol–water partition coefficient (Wildman–Crippen LogP) is 1.63. The maximum atomic E-state index is 12.4. The third-order valence-electron chi connectivity index (χ3n) is 4.50. The van der Waals surface area contributed by atoms with Gasteiger partial charge in [0.25, 0.3) is 0 Å². The summed E-state index contributed by atoms with van der Waals surface area (Å²) >= 11 is 0. The SMILES string of the molecule is Cc1ccc2oc(=O)n(CCC(=O)N3CCC[C@H](N)CC3)c2c1. The summed E-state index contributed by atoms with van der Waals surface area (Å²) in [7, 11) is 0. The molecule has 0 spiro atoms. The van der Waals surface area contributed by atoms with Crippen LogP contribution in [-0.4, -0.2) is 34.5 Å². The van der Waals surface area contributed by atoms with Crippen LogP contribution in [0.25, 0.3) is 11.1 Å². The van der Waals surface area contributed by atoms with Gasteiger partial charge in [-0.15, -0.1) is 0 Å². The first-order chi connectivity index (χ1) is 11.0. The van der Waals surface area contributed by atoms with E-state index in [2.05, 4.69) is 0 Å². The number of fused-ring (bicyclic) bond motifs is 1. The highest BCUT2D eigenvalue weighted by Crippen LogP contribution is 2.16. The number of hydrogen-bond donors (Lipinski definition) is 1. The summed E-state index contributed by atoms with van der Waals surface area (Å²) in [5.74, 6) is -0.329. The van der Waals surface area contributed by atoms with E-state index in [0.717, 1.165) is 36.9 Å². The molecule has 1 amide bonds. The van der Waals surface area contributed by atoms with Crippen molar-refractivity contribution >= 4 is 17.0 Å². The highest BCUT2D eigenvalue weighted by atomic mass is 16.4. The molecule has 0 radical (unpaired) electrons. The quantitative estimate of drug-likeness (QED) is 0.933. The van der Waals surface area contributed by atoms with Crippen LogP contribution in [0.15, 0.2) is 27.4 Å². The fourth-order valence-electron chi connectivity index (χ4n) is 3.12. The van der Waals surface area contributed by atoms with E-state index in [9.17, 15) is 9.59 Å². The number of carbonyl (C=O) groups excluding carboxylic acids is 1. The normalized spacial score (nSPS) is 19.0. The van der Waals surface area contributed by atoms with Gasteiger partial charge in [-0.1, -0.05) is 6.07 Å². The van der Waals surface area contributed by atoms with E-state index in [1.165, 1.54) is 0 Å². The van der Waals surface area contributed by atoms with Gasteiger partial charge in [-0.2, -0.15) is 0 Å². The van der Waals surface area contributed by atoms with Crippen molar-refractivity contribution in [3.8, 4) is 0 Å². The van der Waals surface area contributed by atoms with Crippen LogP contribution in [0.4, 0.5) is 0 Å². The molecule has 0 unspecified atom stereocenters. The molecule has 1 atom stereocenters. The second-order valence-corrected chi connectivity index (χ2v) is 6.31. The van der Waals surface area contributed by atoms with Gasteiger partial charge in [0.2, 0.25) is 5.91 Å². The van der Waals surface area contributed by atoms with Crippen LogP contribution in [0, 0.1) is 6.92 Å². The third-order valence-corrected chi connectivity index (χ3v) is 4.50. The molecule has 1 saturated heterocycles. The van der Waals surface area contributed by atoms with Crippen LogP contribution in [-0.2, 0) is 11.3 Å². The molecule has 0 saturated carbocycles. The number of carbonyl (C=O) groups is 1. The van der Waals surface area contributed by atoms with Crippen molar-refractivity contribution in [2.75, 3.05) is 13.1 Å². The summed E-state index contributed by atoms with van der Waals surface area (Å²) in [4.78, 5) is 26.3. The summed E-state index contributed by atoms with van der Waals surface area (Å²) in [6.45, 7) is 3.77. The van der Waals surface area contributed by atoms with E-state index in [1.54, 1.807) is 10.6 Å². The molecule has 3 rings (SSSR count). The zero-order chi connectivity index (χ0) is 16.4. The fraction of sp³-hybridized carbons (Fsp3) is 0.529. The molecule has 0 aliphatic carbocycles. The standard InChI is InChI=1S/C17H23N3O3/c1-12-4-5-15-14(11-12)20(17(22)23-15)10-7-16(21)19-8-2-3-13(18)6-9-19/h4-5,11,13H,2-3,6-10,18H2,1H3/t13-/m0/s1. The number of aromatic nitrogens is 1. The van der Waals surface area contributed by atoms with Gasteiger partial charge in [-0.25, -0.2) is 4.79 Å². The lowest BCUT2D eigenvalue weighted by atomic mass is 10.1. The molecule has 0 bridgehead atoms. The Morgan fingerprint density at radius 2 is 2.17 bits per heavy atom. The Morgan fingerprint density at radius 1 is 1.35 bits per heavy atom. The van der Waals surface area contributed by atoms with Crippen molar-refractivity contribution in [2.45, 2.75) is 45.2 Å². The molecular formula is C17H23N3O3. The highest BCUT2D eigenvalue weighted by molar-refractivity contribution is 5.77. The Labute approximate surface area is 134 Å². The van der Waals surface area contributed by atoms with E-state index < -0.39 is 5.76 Å². The zero-order valence-electron chi connectivity index (χ0n) is 13.5. The summed E-state index contributed by atoms with van der Waals surface area (Å²) in [5, 5.41) is 0. The van der Waals surface area contributed by atoms with Crippen molar-refractivity contribution in [3.05, 3.63) is 34.3 Å². The fourth-order valence-corrected chi connectivity index (χ4v) is 3.12. The van der Waals surface area contributed by atoms with E-state index in [-0.39, 0.29) is 11.9 Å². The van der Waals surface area contributed by atoms with Gasteiger partial charge in [-0.3, -0.25) is 9.36 Å². The predicted molar refractivity (Wildman–Crippen MR) is 88.2 cm³/mol. The van der Waals surface area contributed by atoms with E-state index in [0.29, 0.717) is 25.1 Å². The van der Waals surface area contributed by atoms with Gasteiger partial charge in [0.15, 0.2) is 5.58 Å². The van der Waals surface area contributed by atoms with Crippen molar-refractivity contribution < 1.29 is 9.21 Å². The van der Waals surface area contributed by atoms with Gasteiger partial charge in [-0.05, 0) is 43.9 Å². The summed E-state index contributed by atoms with van der Waals surface area (Å²) in [6.07, 6.45) is 3.06. The van der Waals surface area contributed by atoms with E-state index in [4.69, 9.17) is 10.2 Å². The molecule has 1 aliphatic rings. The van der Waals surface area contributed by atoms with Crippen molar-refractivity contribution in [2.24, 2.45) is 5.73 Å². The smallest absolute Gasteiger partial charge is 0.408 e. The molecule has 1 aliphatic heterocycles. The van der Waals surface area contributed by atoms with Crippen LogP contribution in [0.5, 0.6) is 0 Å². The van der Waals surface area contributed by atoms with Crippen LogP contribution >= 0.6 is 0 Å². The number of amides is 1. The van der Waals surface area contributed by atoms with E-state index in [1.807, 2.05) is 24.0 Å². The number of nitrogens with two attached hydrogens (primary N) is 1. The number of benzene rings is 1. The Hall–Kier alpha value is -2.08. The second kappa shape index (κ2) is 6.58. The number of oxazole rings is 1. The molecule has 2 aromatic rings. The average Bonchev–Trinajstić information content (AvgIpc) is 2.68. The van der Waals surface area contributed by atoms with Gasteiger partial charge >= 0.3 is 5.76 Å². The summed E-state index contributed by atoms with van der Waals surface area (Å²) in [5.41, 5.74) is 8.32. The van der Waals surface area contributed by atoms with Crippen molar-refractivity contribution in [1.29, 1.82) is 0 Å². The minimum atomic E-state index is -0.406. The minimum Gasteiger partial charge on any atom is -0.408 e. The van der Waals surface area contributed by atoms with E-state index >= 15 is 0 Å². The first-order valence-electron chi connectivity index (χ1n) is 8.18.